The fraction of sp³-hybridized carbons (Fsp3) is 0.875. The quantitative estimate of drug-likeness (QED) is 0.604. The highest BCUT2D eigenvalue weighted by molar-refractivity contribution is 4.80. The first kappa shape index (κ1) is 11.1. The lowest BCUT2D eigenvalue weighted by molar-refractivity contribution is 0.140. The summed E-state index contributed by atoms with van der Waals surface area (Å²) in [6, 6.07) is 0. The summed E-state index contributed by atoms with van der Waals surface area (Å²) in [6.07, 6.45) is 1.65. The normalized spacial score (nSPS) is 10.7. The highest BCUT2D eigenvalue weighted by atomic mass is 16.5. The van der Waals surface area contributed by atoms with Crippen LogP contribution in [0.1, 0.15) is 19.2 Å². The van der Waals surface area contributed by atoms with Crippen LogP contribution in [-0.4, -0.2) is 40.0 Å². The second-order valence-electron chi connectivity index (χ2n) is 2.91. The Kier molecular flexibility index (Phi) is 5.09. The Bertz CT molecular complexity index is 250. The maximum absolute atomic E-state index is 5.43. The largest absolute Gasteiger partial charge is 0.382 e. The van der Waals surface area contributed by atoms with Gasteiger partial charge in [0.2, 0.25) is 0 Å². The van der Waals surface area contributed by atoms with Gasteiger partial charge in [-0.1, -0.05) is 0 Å². The lowest BCUT2D eigenvalue weighted by Gasteiger charge is -2.03. The molecule has 0 radical (unpaired) electrons. The minimum atomic E-state index is 0.575. The number of nitrogens with zero attached hydrogens (tertiary/aromatic N) is 4. The SMILES string of the molecule is CCOCCCn1nnnc1CCN. The molecule has 0 fully saturated rings. The molecule has 0 aliphatic rings. The molecule has 1 aromatic rings. The van der Waals surface area contributed by atoms with Gasteiger partial charge in [0.05, 0.1) is 0 Å². The summed E-state index contributed by atoms with van der Waals surface area (Å²) in [6.45, 7) is 4.86. The number of aryl methyl sites for hydroxylation is 1. The van der Waals surface area contributed by atoms with Crippen molar-refractivity contribution in [3.8, 4) is 0 Å². The van der Waals surface area contributed by atoms with Gasteiger partial charge in [0.15, 0.2) is 5.82 Å². The van der Waals surface area contributed by atoms with Crippen molar-refractivity contribution in [3.63, 3.8) is 0 Å². The minimum absolute atomic E-state index is 0.575. The molecule has 14 heavy (non-hydrogen) atoms. The average molecular weight is 199 g/mol. The van der Waals surface area contributed by atoms with E-state index in [9.17, 15) is 0 Å². The molecular weight excluding hydrogens is 182 g/mol. The highest BCUT2D eigenvalue weighted by Gasteiger charge is 2.03. The molecule has 0 aromatic carbocycles. The van der Waals surface area contributed by atoms with Crippen LogP contribution in [0.25, 0.3) is 0 Å². The van der Waals surface area contributed by atoms with Gasteiger partial charge in [-0.3, -0.25) is 0 Å². The Morgan fingerprint density at radius 2 is 2.36 bits per heavy atom. The maximum Gasteiger partial charge on any atom is 0.152 e. The van der Waals surface area contributed by atoms with E-state index in [1.165, 1.54) is 0 Å². The van der Waals surface area contributed by atoms with Crippen LogP contribution in [0, 0.1) is 0 Å². The zero-order chi connectivity index (χ0) is 10.2. The van der Waals surface area contributed by atoms with E-state index in [0.717, 1.165) is 38.4 Å². The zero-order valence-corrected chi connectivity index (χ0v) is 8.52. The first-order valence-corrected chi connectivity index (χ1v) is 4.91. The summed E-state index contributed by atoms with van der Waals surface area (Å²) < 4.78 is 7.01. The number of tetrazole rings is 1. The van der Waals surface area contributed by atoms with Gasteiger partial charge in [0.25, 0.3) is 0 Å². The molecule has 0 aliphatic heterocycles. The van der Waals surface area contributed by atoms with Crippen LogP contribution in [0.3, 0.4) is 0 Å². The van der Waals surface area contributed by atoms with Gasteiger partial charge in [0.1, 0.15) is 0 Å². The number of ether oxygens (including phenoxy) is 1. The van der Waals surface area contributed by atoms with Crippen LogP contribution < -0.4 is 5.73 Å². The topological polar surface area (TPSA) is 78.8 Å². The first-order chi connectivity index (χ1) is 6.88. The van der Waals surface area contributed by atoms with E-state index in [4.69, 9.17) is 10.5 Å². The van der Waals surface area contributed by atoms with E-state index in [1.807, 2.05) is 6.92 Å². The van der Waals surface area contributed by atoms with Crippen molar-refractivity contribution in [1.82, 2.24) is 20.2 Å². The summed E-state index contributed by atoms with van der Waals surface area (Å²) in [4.78, 5) is 0. The summed E-state index contributed by atoms with van der Waals surface area (Å²) in [5, 5.41) is 11.4. The van der Waals surface area contributed by atoms with E-state index in [-0.39, 0.29) is 0 Å². The molecule has 0 amide bonds. The third-order valence-electron chi connectivity index (χ3n) is 1.84. The summed E-state index contributed by atoms with van der Waals surface area (Å²) in [7, 11) is 0. The van der Waals surface area contributed by atoms with Crippen LogP contribution in [-0.2, 0) is 17.7 Å². The average Bonchev–Trinajstić information content (AvgIpc) is 2.61. The molecule has 2 N–H and O–H groups in total. The van der Waals surface area contributed by atoms with Crippen LogP contribution in [0.4, 0.5) is 0 Å². The second-order valence-corrected chi connectivity index (χ2v) is 2.91. The molecule has 6 heteroatoms. The van der Waals surface area contributed by atoms with E-state index < -0.39 is 0 Å². The van der Waals surface area contributed by atoms with Gasteiger partial charge in [0, 0.05) is 26.2 Å². The maximum atomic E-state index is 5.43. The van der Waals surface area contributed by atoms with Gasteiger partial charge in [-0.15, -0.1) is 5.10 Å². The molecule has 1 rings (SSSR count). The van der Waals surface area contributed by atoms with E-state index in [0.29, 0.717) is 6.54 Å². The third-order valence-corrected chi connectivity index (χ3v) is 1.84. The van der Waals surface area contributed by atoms with Crippen molar-refractivity contribution < 1.29 is 4.74 Å². The third kappa shape index (κ3) is 3.39. The molecule has 0 saturated heterocycles. The fourth-order valence-corrected chi connectivity index (χ4v) is 1.17. The smallest absolute Gasteiger partial charge is 0.152 e. The number of nitrogens with two attached hydrogens (primary N) is 1. The van der Waals surface area contributed by atoms with Gasteiger partial charge in [-0.05, 0) is 30.3 Å². The Balaban J connectivity index is 2.30. The number of hydrogen-bond acceptors (Lipinski definition) is 5. The molecule has 0 bridgehead atoms. The molecule has 0 atom stereocenters. The van der Waals surface area contributed by atoms with Gasteiger partial charge >= 0.3 is 0 Å². The first-order valence-electron chi connectivity index (χ1n) is 4.91. The Morgan fingerprint density at radius 3 is 3.07 bits per heavy atom. The molecule has 1 heterocycles. The zero-order valence-electron chi connectivity index (χ0n) is 8.52. The minimum Gasteiger partial charge on any atom is -0.382 e. The van der Waals surface area contributed by atoms with E-state index in [1.54, 1.807) is 4.68 Å². The molecule has 6 nitrogen and oxygen atoms in total. The Hall–Kier alpha value is -1.01. The molecule has 80 valence electrons. The van der Waals surface area contributed by atoms with Gasteiger partial charge in [-0.25, -0.2) is 4.68 Å². The van der Waals surface area contributed by atoms with Crippen molar-refractivity contribution in [2.75, 3.05) is 19.8 Å². The lowest BCUT2D eigenvalue weighted by atomic mass is 10.4. The van der Waals surface area contributed by atoms with E-state index >= 15 is 0 Å². The van der Waals surface area contributed by atoms with Crippen LogP contribution in [0.2, 0.25) is 0 Å². The van der Waals surface area contributed by atoms with Crippen molar-refractivity contribution in [1.29, 1.82) is 0 Å². The standard InChI is InChI=1S/C8H17N5O/c1-2-14-7-3-6-13-8(4-5-9)10-11-12-13/h2-7,9H2,1H3. The predicted octanol–water partition coefficient (Wildman–Crippen LogP) is -0.399. The van der Waals surface area contributed by atoms with E-state index in [2.05, 4.69) is 15.5 Å². The summed E-state index contributed by atoms with van der Waals surface area (Å²) in [5.41, 5.74) is 5.43. The lowest BCUT2D eigenvalue weighted by Crippen LogP contribution is -2.12. The van der Waals surface area contributed by atoms with Crippen LogP contribution in [0.5, 0.6) is 0 Å². The van der Waals surface area contributed by atoms with Crippen molar-refractivity contribution in [2.45, 2.75) is 26.3 Å². The number of hydrogen-bond donors (Lipinski definition) is 1. The molecule has 1 aromatic heterocycles. The predicted molar refractivity (Wildman–Crippen MR) is 51.7 cm³/mol. The highest BCUT2D eigenvalue weighted by Crippen LogP contribution is 1.95. The molecule has 0 unspecified atom stereocenters. The molecule has 0 saturated carbocycles. The van der Waals surface area contributed by atoms with Crippen molar-refractivity contribution >= 4 is 0 Å². The summed E-state index contributed by atoms with van der Waals surface area (Å²) in [5.74, 6) is 0.851. The van der Waals surface area contributed by atoms with Gasteiger partial charge < -0.3 is 10.5 Å². The molecular formula is C8H17N5O. The Labute approximate surface area is 83.4 Å². The molecule has 0 spiro atoms. The monoisotopic (exact) mass is 199 g/mol. The van der Waals surface area contributed by atoms with Crippen molar-refractivity contribution in [3.05, 3.63) is 5.82 Å². The number of aromatic nitrogens is 4. The number of rotatable bonds is 7. The van der Waals surface area contributed by atoms with Gasteiger partial charge in [-0.2, -0.15) is 0 Å². The van der Waals surface area contributed by atoms with Crippen LogP contribution >= 0.6 is 0 Å². The summed E-state index contributed by atoms with van der Waals surface area (Å²) >= 11 is 0. The Morgan fingerprint density at radius 1 is 1.50 bits per heavy atom. The molecule has 0 aliphatic carbocycles. The van der Waals surface area contributed by atoms with Crippen LogP contribution in [0.15, 0.2) is 0 Å². The van der Waals surface area contributed by atoms with Crippen molar-refractivity contribution in [2.24, 2.45) is 5.73 Å². The second kappa shape index (κ2) is 6.44. The fourth-order valence-electron chi connectivity index (χ4n) is 1.17.